The fourth-order valence-electron chi connectivity index (χ4n) is 3.01. The Morgan fingerprint density at radius 2 is 1.36 bits per heavy atom. The highest BCUT2D eigenvalue weighted by atomic mass is 16.1. The van der Waals surface area contributed by atoms with Crippen LogP contribution in [-0.4, -0.2) is 5.78 Å². The van der Waals surface area contributed by atoms with Gasteiger partial charge in [-0.25, -0.2) is 0 Å². The highest BCUT2D eigenvalue weighted by Crippen LogP contribution is 2.39. The van der Waals surface area contributed by atoms with Gasteiger partial charge in [-0.15, -0.1) is 0 Å². The summed E-state index contributed by atoms with van der Waals surface area (Å²) in [5.41, 5.74) is 5.75. The van der Waals surface area contributed by atoms with Gasteiger partial charge in [0.1, 0.15) is 0 Å². The van der Waals surface area contributed by atoms with E-state index in [2.05, 4.69) is 17.4 Å². The molecule has 0 atom stereocenters. The van der Waals surface area contributed by atoms with Gasteiger partial charge in [0.2, 0.25) is 0 Å². The summed E-state index contributed by atoms with van der Waals surface area (Å²) in [6.45, 7) is 0.709. The summed E-state index contributed by atoms with van der Waals surface area (Å²) < 4.78 is 0. The highest BCUT2D eigenvalue weighted by Gasteiger charge is 2.28. The van der Waals surface area contributed by atoms with E-state index < -0.39 is 0 Å². The van der Waals surface area contributed by atoms with Crippen molar-refractivity contribution in [3.63, 3.8) is 0 Å². The number of carbonyl (C=O) groups excluding carboxylic acids is 1. The fraction of sp³-hybridized carbons (Fsp3) is 0.0500. The van der Waals surface area contributed by atoms with E-state index >= 15 is 0 Å². The van der Waals surface area contributed by atoms with Crippen molar-refractivity contribution < 1.29 is 4.79 Å². The lowest BCUT2D eigenvalue weighted by molar-refractivity contribution is 0.104. The molecule has 4 rings (SSSR count). The van der Waals surface area contributed by atoms with E-state index in [1.165, 1.54) is 5.56 Å². The van der Waals surface area contributed by atoms with Gasteiger partial charge in [0.25, 0.3) is 0 Å². The summed E-state index contributed by atoms with van der Waals surface area (Å²) >= 11 is 0. The molecule has 0 aromatic heterocycles. The molecule has 3 aromatic rings. The van der Waals surface area contributed by atoms with Crippen LogP contribution < -0.4 is 5.32 Å². The highest BCUT2D eigenvalue weighted by molar-refractivity contribution is 6.24. The largest absolute Gasteiger partial charge is 0.380 e. The predicted molar refractivity (Wildman–Crippen MR) is 89.1 cm³/mol. The first-order valence-corrected chi connectivity index (χ1v) is 7.39. The number of benzene rings is 3. The molecular weight excluding hydrogens is 270 g/mol. The SMILES string of the molecule is O=C1c2ccccc2-c2cccc(NCc3ccccc3)c21. The van der Waals surface area contributed by atoms with E-state index in [-0.39, 0.29) is 5.78 Å². The van der Waals surface area contributed by atoms with Gasteiger partial charge in [0.05, 0.1) is 5.56 Å². The third-order valence-corrected chi connectivity index (χ3v) is 4.08. The summed E-state index contributed by atoms with van der Waals surface area (Å²) in [5.74, 6) is 0.113. The van der Waals surface area contributed by atoms with Crippen molar-refractivity contribution in [3.05, 3.63) is 89.5 Å². The summed E-state index contributed by atoms with van der Waals surface area (Å²) in [7, 11) is 0. The minimum Gasteiger partial charge on any atom is -0.380 e. The molecule has 106 valence electrons. The zero-order chi connectivity index (χ0) is 14.9. The van der Waals surface area contributed by atoms with Crippen molar-refractivity contribution >= 4 is 11.5 Å². The predicted octanol–water partition coefficient (Wildman–Crippen LogP) is 4.51. The third-order valence-electron chi connectivity index (χ3n) is 4.08. The zero-order valence-corrected chi connectivity index (χ0v) is 12.0. The van der Waals surface area contributed by atoms with Crippen LogP contribution in [-0.2, 0) is 6.54 Å². The van der Waals surface area contributed by atoms with Crippen LogP contribution in [0.15, 0.2) is 72.8 Å². The summed E-state index contributed by atoms with van der Waals surface area (Å²) in [5, 5.41) is 3.41. The summed E-state index contributed by atoms with van der Waals surface area (Å²) in [6, 6.07) is 24.0. The van der Waals surface area contributed by atoms with Gasteiger partial charge in [-0.1, -0.05) is 66.7 Å². The van der Waals surface area contributed by atoms with Crippen LogP contribution in [0.2, 0.25) is 0 Å². The van der Waals surface area contributed by atoms with E-state index in [9.17, 15) is 4.79 Å². The number of anilines is 1. The molecule has 0 aliphatic heterocycles. The monoisotopic (exact) mass is 285 g/mol. The van der Waals surface area contributed by atoms with Crippen LogP contribution in [0.3, 0.4) is 0 Å². The first-order chi connectivity index (χ1) is 10.8. The normalized spacial score (nSPS) is 11.9. The molecule has 0 fully saturated rings. The number of fused-ring (bicyclic) bond motifs is 3. The Morgan fingerprint density at radius 3 is 2.18 bits per heavy atom. The fourth-order valence-corrected chi connectivity index (χ4v) is 3.01. The zero-order valence-electron chi connectivity index (χ0n) is 12.0. The molecule has 0 saturated carbocycles. The number of rotatable bonds is 3. The summed E-state index contributed by atoms with van der Waals surface area (Å²) in [6.07, 6.45) is 0. The molecule has 0 radical (unpaired) electrons. The standard InChI is InChI=1S/C20H15NO/c22-20-17-10-5-4-9-15(17)16-11-6-12-18(19(16)20)21-13-14-7-2-1-3-8-14/h1-12,21H,13H2. The maximum absolute atomic E-state index is 12.7. The van der Waals surface area contributed by atoms with Gasteiger partial charge in [-0.05, 0) is 22.8 Å². The Balaban J connectivity index is 1.71. The van der Waals surface area contributed by atoms with Crippen LogP contribution in [0.4, 0.5) is 5.69 Å². The van der Waals surface area contributed by atoms with Crippen molar-refractivity contribution in [1.29, 1.82) is 0 Å². The molecule has 0 spiro atoms. The van der Waals surface area contributed by atoms with Crippen LogP contribution in [0.5, 0.6) is 0 Å². The first kappa shape index (κ1) is 12.8. The molecule has 1 N–H and O–H groups in total. The molecule has 22 heavy (non-hydrogen) atoms. The smallest absolute Gasteiger partial charge is 0.196 e. The molecule has 1 aliphatic carbocycles. The van der Waals surface area contributed by atoms with Gasteiger partial charge in [-0.3, -0.25) is 4.79 Å². The van der Waals surface area contributed by atoms with Gasteiger partial charge in [0.15, 0.2) is 5.78 Å². The van der Waals surface area contributed by atoms with Crippen molar-refractivity contribution in [2.24, 2.45) is 0 Å². The van der Waals surface area contributed by atoms with Crippen molar-refractivity contribution in [2.45, 2.75) is 6.54 Å². The Bertz CT molecular complexity index is 853. The Morgan fingerprint density at radius 1 is 0.682 bits per heavy atom. The topological polar surface area (TPSA) is 29.1 Å². The van der Waals surface area contributed by atoms with Crippen LogP contribution in [0.1, 0.15) is 21.5 Å². The molecule has 0 heterocycles. The molecule has 0 saturated heterocycles. The quantitative estimate of drug-likeness (QED) is 0.600. The van der Waals surface area contributed by atoms with Crippen LogP contribution >= 0.6 is 0 Å². The molecule has 2 nitrogen and oxygen atoms in total. The van der Waals surface area contributed by atoms with Crippen LogP contribution in [0.25, 0.3) is 11.1 Å². The second kappa shape index (κ2) is 5.15. The maximum Gasteiger partial charge on any atom is 0.196 e. The average Bonchev–Trinajstić information content (AvgIpc) is 2.88. The van der Waals surface area contributed by atoms with Gasteiger partial charge < -0.3 is 5.32 Å². The lowest BCUT2D eigenvalue weighted by atomic mass is 10.0. The van der Waals surface area contributed by atoms with Crippen molar-refractivity contribution in [2.75, 3.05) is 5.32 Å². The third kappa shape index (κ3) is 2.01. The van der Waals surface area contributed by atoms with Gasteiger partial charge >= 0.3 is 0 Å². The molecule has 2 heteroatoms. The number of hydrogen-bond acceptors (Lipinski definition) is 2. The number of carbonyl (C=O) groups is 1. The maximum atomic E-state index is 12.7. The van der Waals surface area contributed by atoms with Crippen molar-refractivity contribution in [1.82, 2.24) is 0 Å². The number of ketones is 1. The molecule has 0 unspecified atom stereocenters. The number of nitrogens with one attached hydrogen (secondary N) is 1. The Labute approximate surface area is 129 Å². The number of hydrogen-bond donors (Lipinski definition) is 1. The van der Waals surface area contributed by atoms with E-state index in [1.54, 1.807) is 0 Å². The minimum absolute atomic E-state index is 0.113. The Hall–Kier alpha value is -2.87. The van der Waals surface area contributed by atoms with Crippen molar-refractivity contribution in [3.8, 4) is 11.1 Å². The lowest BCUT2D eigenvalue weighted by Gasteiger charge is -2.10. The minimum atomic E-state index is 0.113. The molecule has 0 bridgehead atoms. The Kier molecular flexibility index (Phi) is 3.01. The molecule has 0 amide bonds. The summed E-state index contributed by atoms with van der Waals surface area (Å²) in [4.78, 5) is 12.7. The van der Waals surface area contributed by atoms with E-state index in [0.717, 1.165) is 27.9 Å². The lowest BCUT2D eigenvalue weighted by Crippen LogP contribution is -2.05. The first-order valence-electron chi connectivity index (χ1n) is 7.39. The molecule has 3 aromatic carbocycles. The second-order valence-corrected chi connectivity index (χ2v) is 5.44. The van der Waals surface area contributed by atoms with Crippen LogP contribution in [0, 0.1) is 0 Å². The van der Waals surface area contributed by atoms with Gasteiger partial charge in [-0.2, -0.15) is 0 Å². The molecular formula is C20H15NO. The average molecular weight is 285 g/mol. The molecule has 1 aliphatic rings. The van der Waals surface area contributed by atoms with E-state index in [4.69, 9.17) is 0 Å². The van der Waals surface area contributed by atoms with Gasteiger partial charge in [0, 0.05) is 17.8 Å². The van der Waals surface area contributed by atoms with E-state index in [1.807, 2.05) is 60.7 Å². The van der Waals surface area contributed by atoms with E-state index in [0.29, 0.717) is 6.54 Å². The second-order valence-electron chi connectivity index (χ2n) is 5.44.